The summed E-state index contributed by atoms with van der Waals surface area (Å²) in [5, 5.41) is 21.9. The Morgan fingerprint density at radius 3 is 2.18 bits per heavy atom. The molecule has 0 saturated carbocycles. The molecule has 118 valence electrons. The van der Waals surface area contributed by atoms with E-state index < -0.39 is 39.1 Å². The average molecular weight is 310 g/mol. The van der Waals surface area contributed by atoms with Crippen molar-refractivity contribution in [3.63, 3.8) is 0 Å². The second-order valence-corrected chi connectivity index (χ2v) is 4.89. The van der Waals surface area contributed by atoms with Crippen LogP contribution in [0, 0.1) is 26.1 Å². The molecule has 11 heteroatoms. The number of amides is 1. The summed E-state index contributed by atoms with van der Waals surface area (Å²) < 4.78 is 0. The Morgan fingerprint density at radius 2 is 1.73 bits per heavy atom. The van der Waals surface area contributed by atoms with Gasteiger partial charge < -0.3 is 0 Å². The van der Waals surface area contributed by atoms with E-state index in [2.05, 4.69) is 10.9 Å². The van der Waals surface area contributed by atoms with Crippen molar-refractivity contribution in [2.75, 3.05) is 0 Å². The van der Waals surface area contributed by atoms with E-state index in [0.29, 0.717) is 0 Å². The maximum atomic E-state index is 11.9. The summed E-state index contributed by atoms with van der Waals surface area (Å²) >= 11 is 0. The number of nitrogens with one attached hydrogen (secondary N) is 3. The summed E-state index contributed by atoms with van der Waals surface area (Å²) in [6.07, 6.45) is 0. The number of non-ortho nitro benzene ring substituents is 2. The van der Waals surface area contributed by atoms with Crippen LogP contribution in [0.15, 0.2) is 18.2 Å². The van der Waals surface area contributed by atoms with Gasteiger partial charge in [-0.25, -0.2) is 11.3 Å². The van der Waals surface area contributed by atoms with Gasteiger partial charge in [-0.15, -0.1) is 0 Å². The van der Waals surface area contributed by atoms with Crippen LogP contribution in [-0.4, -0.2) is 21.8 Å². The van der Waals surface area contributed by atoms with E-state index in [9.17, 15) is 25.0 Å². The van der Waals surface area contributed by atoms with Gasteiger partial charge in [-0.2, -0.15) is 0 Å². The van der Waals surface area contributed by atoms with Gasteiger partial charge in [-0.3, -0.25) is 35.9 Å². The monoisotopic (exact) mass is 310 g/mol. The first-order chi connectivity index (χ1) is 10.3. The molecule has 1 heterocycles. The lowest BCUT2D eigenvalue weighted by atomic mass is 9.89. The largest absolute Gasteiger partial charge is 0.294 e. The predicted octanol–water partition coefficient (Wildman–Crippen LogP) is -0.353. The summed E-state index contributed by atoms with van der Waals surface area (Å²) in [7, 11) is 0. The normalized spacial score (nSPS) is 24.0. The third kappa shape index (κ3) is 2.86. The van der Waals surface area contributed by atoms with E-state index >= 15 is 0 Å². The Kier molecular flexibility index (Phi) is 4.30. The molecule has 1 amide bonds. The molecule has 1 aliphatic rings. The molecule has 0 aliphatic carbocycles. The van der Waals surface area contributed by atoms with Gasteiger partial charge in [0, 0.05) is 18.2 Å². The Morgan fingerprint density at radius 1 is 1.18 bits per heavy atom. The summed E-state index contributed by atoms with van der Waals surface area (Å²) in [5.41, 5.74) is 7.08. The minimum Gasteiger partial charge on any atom is -0.294 e. The first-order valence-electron chi connectivity index (χ1n) is 6.30. The topological polar surface area (TPSA) is 165 Å². The van der Waals surface area contributed by atoms with Crippen LogP contribution in [0.5, 0.6) is 0 Å². The Bertz CT molecular complexity index is 603. The van der Waals surface area contributed by atoms with E-state index in [-0.39, 0.29) is 11.6 Å². The standard InChI is InChI=1S/C11H14N6O5/c1-5-9(11(18)13-12)10(15-14-5)6-2-7(16(19)20)4-8(3-6)17(21)22/h2-5,9-10,14-15H,12H2,1H3,(H,13,18). The van der Waals surface area contributed by atoms with Gasteiger partial charge in [0.25, 0.3) is 11.4 Å². The van der Waals surface area contributed by atoms with Crippen LogP contribution in [-0.2, 0) is 4.79 Å². The van der Waals surface area contributed by atoms with Crippen LogP contribution in [0.2, 0.25) is 0 Å². The lowest BCUT2D eigenvalue weighted by Gasteiger charge is -2.19. The number of nitrogens with zero attached hydrogens (tertiary/aromatic N) is 2. The second-order valence-electron chi connectivity index (χ2n) is 4.89. The number of hydrogen-bond acceptors (Lipinski definition) is 8. The molecule has 22 heavy (non-hydrogen) atoms. The molecule has 1 aliphatic heterocycles. The highest BCUT2D eigenvalue weighted by Gasteiger charge is 2.40. The summed E-state index contributed by atoms with van der Waals surface area (Å²) in [4.78, 5) is 32.3. The molecule has 3 unspecified atom stereocenters. The van der Waals surface area contributed by atoms with Crippen molar-refractivity contribution in [2.24, 2.45) is 11.8 Å². The fourth-order valence-electron chi connectivity index (χ4n) is 2.46. The minimum atomic E-state index is -0.722. The van der Waals surface area contributed by atoms with Crippen molar-refractivity contribution >= 4 is 17.3 Å². The summed E-state index contributed by atoms with van der Waals surface area (Å²) in [5.74, 6) is 3.98. The summed E-state index contributed by atoms with van der Waals surface area (Å²) in [6, 6.07) is 2.26. The molecule has 1 saturated heterocycles. The number of carbonyl (C=O) groups is 1. The number of benzene rings is 1. The first kappa shape index (κ1) is 15.8. The van der Waals surface area contributed by atoms with E-state index in [1.807, 2.05) is 5.43 Å². The van der Waals surface area contributed by atoms with E-state index in [1.165, 1.54) is 12.1 Å². The Balaban J connectivity index is 2.48. The van der Waals surface area contributed by atoms with E-state index in [0.717, 1.165) is 6.07 Å². The average Bonchev–Trinajstić information content (AvgIpc) is 2.87. The number of nitro groups is 2. The minimum absolute atomic E-state index is 0.256. The molecule has 0 aromatic heterocycles. The van der Waals surface area contributed by atoms with Gasteiger partial charge in [0.2, 0.25) is 5.91 Å². The maximum absolute atomic E-state index is 11.9. The number of nitro benzene ring substituents is 2. The predicted molar refractivity (Wildman–Crippen MR) is 74.0 cm³/mol. The molecule has 3 atom stereocenters. The van der Waals surface area contributed by atoms with Gasteiger partial charge in [0.05, 0.1) is 27.9 Å². The molecule has 5 N–H and O–H groups in total. The first-order valence-corrected chi connectivity index (χ1v) is 6.30. The highest BCUT2D eigenvalue weighted by atomic mass is 16.6. The molecule has 2 rings (SSSR count). The molecule has 1 fully saturated rings. The number of carbonyl (C=O) groups excluding carboxylic acids is 1. The van der Waals surface area contributed by atoms with Gasteiger partial charge in [-0.05, 0) is 12.5 Å². The lowest BCUT2D eigenvalue weighted by molar-refractivity contribution is -0.394. The van der Waals surface area contributed by atoms with Gasteiger partial charge >= 0.3 is 0 Å². The molecule has 0 radical (unpaired) electrons. The van der Waals surface area contributed by atoms with Gasteiger partial charge in [0.15, 0.2) is 0 Å². The van der Waals surface area contributed by atoms with Crippen LogP contribution in [0.1, 0.15) is 18.5 Å². The molecular formula is C11H14N6O5. The van der Waals surface area contributed by atoms with Gasteiger partial charge in [-0.1, -0.05) is 0 Å². The molecule has 1 aromatic carbocycles. The zero-order valence-electron chi connectivity index (χ0n) is 11.5. The highest BCUT2D eigenvalue weighted by Crippen LogP contribution is 2.33. The molecule has 1 aromatic rings. The lowest BCUT2D eigenvalue weighted by Crippen LogP contribution is -2.41. The zero-order valence-corrected chi connectivity index (χ0v) is 11.5. The smallest absolute Gasteiger partial charge is 0.276 e. The van der Waals surface area contributed by atoms with Crippen LogP contribution >= 0.6 is 0 Å². The van der Waals surface area contributed by atoms with Crippen molar-refractivity contribution in [3.05, 3.63) is 44.0 Å². The summed E-state index contributed by atoms with van der Waals surface area (Å²) in [6.45, 7) is 1.72. The maximum Gasteiger partial charge on any atom is 0.276 e. The van der Waals surface area contributed by atoms with Crippen molar-refractivity contribution in [1.82, 2.24) is 16.3 Å². The van der Waals surface area contributed by atoms with E-state index in [1.54, 1.807) is 6.92 Å². The molecule has 0 spiro atoms. The number of nitrogens with two attached hydrogens (primary N) is 1. The van der Waals surface area contributed by atoms with E-state index in [4.69, 9.17) is 5.84 Å². The Labute approximate surface area is 124 Å². The van der Waals surface area contributed by atoms with Gasteiger partial charge in [0.1, 0.15) is 0 Å². The van der Waals surface area contributed by atoms with Crippen LogP contribution in [0.25, 0.3) is 0 Å². The van der Waals surface area contributed by atoms with Crippen LogP contribution in [0.3, 0.4) is 0 Å². The molecular weight excluding hydrogens is 296 g/mol. The third-order valence-corrected chi connectivity index (χ3v) is 3.51. The number of hydrazine groups is 2. The fraction of sp³-hybridized carbons (Fsp3) is 0.364. The second kappa shape index (κ2) is 6.01. The molecule has 11 nitrogen and oxygen atoms in total. The zero-order chi connectivity index (χ0) is 16.4. The van der Waals surface area contributed by atoms with Crippen LogP contribution in [0.4, 0.5) is 11.4 Å². The van der Waals surface area contributed by atoms with Crippen LogP contribution < -0.4 is 22.1 Å². The molecule has 0 bridgehead atoms. The Hall–Kier alpha value is -2.63. The SMILES string of the molecule is CC1NNC(c2cc([N+](=O)[O-])cc([N+](=O)[O-])c2)C1C(=O)NN. The number of rotatable bonds is 4. The van der Waals surface area contributed by atoms with Crippen molar-refractivity contribution < 1.29 is 14.6 Å². The van der Waals surface area contributed by atoms with Crippen molar-refractivity contribution in [2.45, 2.75) is 19.0 Å². The highest BCUT2D eigenvalue weighted by molar-refractivity contribution is 5.80. The van der Waals surface area contributed by atoms with Crippen molar-refractivity contribution in [3.8, 4) is 0 Å². The fourth-order valence-corrected chi connectivity index (χ4v) is 2.46. The third-order valence-electron chi connectivity index (χ3n) is 3.51. The quantitative estimate of drug-likeness (QED) is 0.253. The van der Waals surface area contributed by atoms with Crippen molar-refractivity contribution in [1.29, 1.82) is 0 Å². The number of hydrogen-bond donors (Lipinski definition) is 4.